The van der Waals surface area contributed by atoms with Gasteiger partial charge in [0, 0.05) is 17.6 Å². The van der Waals surface area contributed by atoms with E-state index < -0.39 is 0 Å². The van der Waals surface area contributed by atoms with Crippen LogP contribution in [0.1, 0.15) is 31.9 Å². The van der Waals surface area contributed by atoms with E-state index >= 15 is 0 Å². The van der Waals surface area contributed by atoms with Gasteiger partial charge < -0.3 is 10.4 Å². The number of rotatable bonds is 5. The normalized spacial score (nSPS) is 14.9. The Kier molecular flexibility index (Phi) is 5.09. The first-order valence-corrected chi connectivity index (χ1v) is 5.68. The zero-order chi connectivity index (χ0) is 11.3. The van der Waals surface area contributed by atoms with Crippen molar-refractivity contribution in [3.05, 3.63) is 34.9 Å². The number of hydrogen-bond donors (Lipinski definition) is 2. The number of aliphatic hydroxyl groups excluding tert-OH is 1. The molecule has 0 heterocycles. The summed E-state index contributed by atoms with van der Waals surface area (Å²) in [5.41, 5.74) is 1.17. The fraction of sp³-hybridized carbons (Fsp3) is 0.500. The number of benzene rings is 1. The average Bonchev–Trinajstić information content (AvgIpc) is 2.18. The van der Waals surface area contributed by atoms with Crippen LogP contribution in [0.15, 0.2) is 24.3 Å². The van der Waals surface area contributed by atoms with Crippen molar-refractivity contribution in [3.63, 3.8) is 0 Å². The topological polar surface area (TPSA) is 32.3 Å². The van der Waals surface area contributed by atoms with Gasteiger partial charge in [-0.3, -0.25) is 0 Å². The Labute approximate surface area is 96.3 Å². The molecule has 0 spiro atoms. The first kappa shape index (κ1) is 12.5. The molecule has 0 bridgehead atoms. The monoisotopic (exact) mass is 227 g/mol. The molecule has 3 heteroatoms. The highest BCUT2D eigenvalue weighted by atomic mass is 35.5. The maximum atomic E-state index is 9.21. The maximum Gasteiger partial charge on any atom is 0.0636 e. The minimum atomic E-state index is -0.321. The largest absolute Gasteiger partial charge is 0.392 e. The molecule has 0 fully saturated rings. The predicted molar refractivity (Wildman–Crippen MR) is 64.2 cm³/mol. The van der Waals surface area contributed by atoms with Gasteiger partial charge in [0.05, 0.1) is 6.10 Å². The van der Waals surface area contributed by atoms with Crippen LogP contribution in [0.5, 0.6) is 0 Å². The first-order valence-electron chi connectivity index (χ1n) is 5.30. The van der Waals surface area contributed by atoms with Crippen molar-refractivity contribution in [1.82, 2.24) is 5.32 Å². The second kappa shape index (κ2) is 6.11. The van der Waals surface area contributed by atoms with E-state index in [0.717, 1.165) is 11.4 Å². The molecule has 1 aromatic rings. The molecule has 84 valence electrons. The average molecular weight is 228 g/mol. The summed E-state index contributed by atoms with van der Waals surface area (Å²) in [7, 11) is 0. The molecule has 2 atom stereocenters. The number of halogens is 1. The molecule has 0 saturated heterocycles. The van der Waals surface area contributed by atoms with E-state index in [1.165, 1.54) is 5.56 Å². The van der Waals surface area contributed by atoms with Crippen LogP contribution >= 0.6 is 11.6 Å². The molecule has 1 aromatic carbocycles. The van der Waals surface area contributed by atoms with Crippen LogP contribution in [0.4, 0.5) is 0 Å². The van der Waals surface area contributed by atoms with Crippen molar-refractivity contribution in [3.8, 4) is 0 Å². The van der Waals surface area contributed by atoms with Crippen LogP contribution in [0.2, 0.25) is 5.02 Å². The van der Waals surface area contributed by atoms with E-state index in [1.807, 2.05) is 18.2 Å². The Morgan fingerprint density at radius 3 is 2.73 bits per heavy atom. The van der Waals surface area contributed by atoms with E-state index in [1.54, 1.807) is 6.92 Å². The Balaban J connectivity index is 2.65. The Morgan fingerprint density at radius 1 is 1.47 bits per heavy atom. The van der Waals surface area contributed by atoms with Gasteiger partial charge >= 0.3 is 0 Å². The van der Waals surface area contributed by atoms with Crippen molar-refractivity contribution < 1.29 is 5.11 Å². The van der Waals surface area contributed by atoms with Gasteiger partial charge in [-0.2, -0.15) is 0 Å². The van der Waals surface area contributed by atoms with Gasteiger partial charge in [-0.15, -0.1) is 0 Å². The molecule has 0 amide bonds. The highest BCUT2D eigenvalue weighted by Gasteiger charge is 2.09. The number of nitrogens with one attached hydrogen (secondary N) is 1. The van der Waals surface area contributed by atoms with Gasteiger partial charge in [0.1, 0.15) is 0 Å². The molecule has 0 aliphatic heterocycles. The van der Waals surface area contributed by atoms with Crippen LogP contribution in [-0.4, -0.2) is 17.8 Å². The summed E-state index contributed by atoms with van der Waals surface area (Å²) in [6, 6.07) is 8.09. The van der Waals surface area contributed by atoms with Crippen molar-refractivity contribution in [1.29, 1.82) is 0 Å². The lowest BCUT2D eigenvalue weighted by Crippen LogP contribution is -2.28. The van der Waals surface area contributed by atoms with Crippen molar-refractivity contribution in [2.45, 2.75) is 32.4 Å². The molecule has 0 unspecified atom stereocenters. The van der Waals surface area contributed by atoms with E-state index in [-0.39, 0.29) is 12.1 Å². The molecular formula is C12H18ClNO. The highest BCUT2D eigenvalue weighted by molar-refractivity contribution is 6.30. The molecule has 0 aromatic heterocycles. The highest BCUT2D eigenvalue weighted by Crippen LogP contribution is 2.20. The lowest BCUT2D eigenvalue weighted by molar-refractivity contribution is 0.185. The van der Waals surface area contributed by atoms with E-state index in [9.17, 15) is 5.11 Å². The Bertz CT molecular complexity index is 301. The smallest absolute Gasteiger partial charge is 0.0636 e. The predicted octanol–water partition coefficient (Wildman–Crippen LogP) is 2.76. The first-order chi connectivity index (χ1) is 7.13. The lowest BCUT2D eigenvalue weighted by atomic mass is 10.0. The van der Waals surface area contributed by atoms with Crippen LogP contribution in [0.3, 0.4) is 0 Å². The van der Waals surface area contributed by atoms with E-state index in [4.69, 9.17) is 11.6 Å². The molecule has 0 aliphatic rings. The summed E-state index contributed by atoms with van der Waals surface area (Å²) in [4.78, 5) is 0. The summed E-state index contributed by atoms with van der Waals surface area (Å²) < 4.78 is 0. The quantitative estimate of drug-likeness (QED) is 0.811. The zero-order valence-electron chi connectivity index (χ0n) is 9.20. The second-order valence-corrected chi connectivity index (χ2v) is 4.21. The van der Waals surface area contributed by atoms with E-state index in [0.29, 0.717) is 6.54 Å². The summed E-state index contributed by atoms with van der Waals surface area (Å²) in [6.07, 6.45) is 0.658. The summed E-state index contributed by atoms with van der Waals surface area (Å²) >= 11 is 5.93. The third-order valence-electron chi connectivity index (χ3n) is 2.32. The van der Waals surface area contributed by atoms with Crippen molar-refractivity contribution in [2.24, 2.45) is 0 Å². The van der Waals surface area contributed by atoms with Gasteiger partial charge in [0.2, 0.25) is 0 Å². The van der Waals surface area contributed by atoms with Gasteiger partial charge in [0.25, 0.3) is 0 Å². The number of aliphatic hydroxyl groups is 1. The number of hydrogen-bond acceptors (Lipinski definition) is 2. The van der Waals surface area contributed by atoms with Gasteiger partial charge in [-0.05, 0) is 31.0 Å². The Morgan fingerprint density at radius 2 is 2.20 bits per heavy atom. The van der Waals surface area contributed by atoms with E-state index in [2.05, 4.69) is 18.3 Å². The van der Waals surface area contributed by atoms with Crippen LogP contribution in [-0.2, 0) is 0 Å². The van der Waals surface area contributed by atoms with Crippen LogP contribution < -0.4 is 5.32 Å². The van der Waals surface area contributed by atoms with Gasteiger partial charge in [0.15, 0.2) is 0 Å². The summed E-state index contributed by atoms with van der Waals surface area (Å²) in [5, 5.41) is 13.3. The fourth-order valence-corrected chi connectivity index (χ4v) is 1.73. The minimum absolute atomic E-state index is 0.262. The van der Waals surface area contributed by atoms with Crippen molar-refractivity contribution in [2.75, 3.05) is 6.54 Å². The molecule has 1 rings (SSSR count). The molecular weight excluding hydrogens is 210 g/mol. The fourth-order valence-electron chi connectivity index (χ4n) is 1.53. The summed E-state index contributed by atoms with van der Waals surface area (Å²) in [5.74, 6) is 0. The van der Waals surface area contributed by atoms with Gasteiger partial charge in [-0.25, -0.2) is 0 Å². The lowest BCUT2D eigenvalue weighted by Gasteiger charge is -2.18. The molecule has 0 radical (unpaired) electrons. The SMILES string of the molecule is CC[C@@H](NC[C@@H](C)O)c1cccc(Cl)c1. The molecule has 15 heavy (non-hydrogen) atoms. The second-order valence-electron chi connectivity index (χ2n) is 3.77. The Hall–Kier alpha value is -0.570. The third kappa shape index (κ3) is 4.20. The standard InChI is InChI=1S/C12H18ClNO/c1-3-12(14-8-9(2)15)10-5-4-6-11(13)7-10/h4-7,9,12,14-15H,3,8H2,1-2H3/t9-,12-/m1/s1. The molecule has 0 saturated carbocycles. The van der Waals surface area contributed by atoms with Crippen LogP contribution in [0, 0.1) is 0 Å². The summed E-state index contributed by atoms with van der Waals surface area (Å²) in [6.45, 7) is 4.49. The molecule has 0 aliphatic carbocycles. The minimum Gasteiger partial charge on any atom is -0.392 e. The van der Waals surface area contributed by atoms with Gasteiger partial charge in [-0.1, -0.05) is 30.7 Å². The molecule has 2 N–H and O–H groups in total. The third-order valence-corrected chi connectivity index (χ3v) is 2.55. The van der Waals surface area contributed by atoms with Crippen LogP contribution in [0.25, 0.3) is 0 Å². The zero-order valence-corrected chi connectivity index (χ0v) is 9.96. The molecule has 2 nitrogen and oxygen atoms in total. The van der Waals surface area contributed by atoms with Crippen molar-refractivity contribution >= 4 is 11.6 Å². The maximum absolute atomic E-state index is 9.21.